The number of nitro groups is 1. The van der Waals surface area contributed by atoms with Crippen LogP contribution in [-0.4, -0.2) is 4.92 Å². The van der Waals surface area contributed by atoms with Crippen molar-refractivity contribution in [1.82, 2.24) is 0 Å². The molecule has 0 radical (unpaired) electrons. The van der Waals surface area contributed by atoms with E-state index in [-0.39, 0.29) is 10.7 Å². The van der Waals surface area contributed by atoms with E-state index in [2.05, 4.69) is 21.2 Å². The van der Waals surface area contributed by atoms with E-state index in [1.165, 1.54) is 24.3 Å². The van der Waals surface area contributed by atoms with Crippen LogP contribution in [0.2, 0.25) is 5.02 Å². The predicted molar refractivity (Wildman–Crippen MR) is 79.5 cm³/mol. The number of nitrogens with zero attached hydrogens (tertiary/aromatic N) is 1. The number of halogens is 3. The van der Waals surface area contributed by atoms with Gasteiger partial charge in [-0.3, -0.25) is 10.1 Å². The number of nitrogens with one attached hydrogen (secondary N) is 1. The van der Waals surface area contributed by atoms with Crippen LogP contribution >= 0.6 is 27.5 Å². The summed E-state index contributed by atoms with van der Waals surface area (Å²) in [6, 6.07) is 9.00. The van der Waals surface area contributed by atoms with Crippen LogP contribution in [-0.2, 0) is 6.54 Å². The Morgan fingerprint density at radius 2 is 2.05 bits per heavy atom. The summed E-state index contributed by atoms with van der Waals surface area (Å²) in [6.45, 7) is 0.335. The van der Waals surface area contributed by atoms with Gasteiger partial charge in [0.15, 0.2) is 0 Å². The van der Waals surface area contributed by atoms with Crippen molar-refractivity contribution in [2.45, 2.75) is 6.54 Å². The molecule has 0 atom stereocenters. The van der Waals surface area contributed by atoms with Crippen LogP contribution in [0.25, 0.3) is 0 Å². The number of anilines is 1. The van der Waals surface area contributed by atoms with Crippen LogP contribution in [0.4, 0.5) is 15.8 Å². The highest BCUT2D eigenvalue weighted by Crippen LogP contribution is 2.23. The molecule has 0 bridgehead atoms. The summed E-state index contributed by atoms with van der Waals surface area (Å²) in [5.74, 6) is -0.517. The van der Waals surface area contributed by atoms with E-state index >= 15 is 0 Å². The van der Waals surface area contributed by atoms with Gasteiger partial charge in [0.1, 0.15) is 5.82 Å². The maximum atomic E-state index is 13.3. The average molecular weight is 360 g/mol. The monoisotopic (exact) mass is 358 g/mol. The molecule has 2 rings (SSSR count). The third kappa shape index (κ3) is 3.68. The van der Waals surface area contributed by atoms with Crippen molar-refractivity contribution >= 4 is 38.9 Å². The maximum absolute atomic E-state index is 13.3. The largest absolute Gasteiger partial charge is 0.381 e. The van der Waals surface area contributed by atoms with Crippen LogP contribution < -0.4 is 5.32 Å². The number of nitro benzene ring substituents is 1. The molecule has 7 heteroatoms. The Kier molecular flexibility index (Phi) is 4.57. The average Bonchev–Trinajstić information content (AvgIpc) is 2.39. The highest BCUT2D eigenvalue weighted by Gasteiger charge is 2.09. The first-order valence-electron chi connectivity index (χ1n) is 5.58. The first kappa shape index (κ1) is 14.7. The molecule has 20 heavy (non-hydrogen) atoms. The second-order valence-electron chi connectivity index (χ2n) is 4.06. The van der Waals surface area contributed by atoms with E-state index in [0.29, 0.717) is 22.3 Å². The van der Waals surface area contributed by atoms with Crippen molar-refractivity contribution < 1.29 is 9.31 Å². The zero-order chi connectivity index (χ0) is 14.7. The van der Waals surface area contributed by atoms with Crippen LogP contribution in [0.3, 0.4) is 0 Å². The Hall–Kier alpha value is -1.66. The minimum Gasteiger partial charge on any atom is -0.381 e. The molecule has 0 heterocycles. The number of non-ortho nitro benzene ring substituents is 1. The van der Waals surface area contributed by atoms with Crippen LogP contribution in [0.15, 0.2) is 40.9 Å². The summed E-state index contributed by atoms with van der Waals surface area (Å²) in [4.78, 5) is 10.3. The van der Waals surface area contributed by atoms with E-state index in [1.54, 1.807) is 12.1 Å². The molecule has 2 aromatic rings. The molecule has 0 saturated carbocycles. The molecular weight excluding hydrogens is 351 g/mol. The summed E-state index contributed by atoms with van der Waals surface area (Å²) in [5.41, 5.74) is 1.26. The molecule has 104 valence electrons. The van der Waals surface area contributed by atoms with Crippen molar-refractivity contribution in [2.75, 3.05) is 5.32 Å². The highest BCUT2D eigenvalue weighted by molar-refractivity contribution is 9.10. The van der Waals surface area contributed by atoms with E-state index in [9.17, 15) is 14.5 Å². The summed E-state index contributed by atoms with van der Waals surface area (Å²) >= 11 is 8.81. The molecule has 0 saturated heterocycles. The lowest BCUT2D eigenvalue weighted by Crippen LogP contribution is -2.01. The molecule has 2 aromatic carbocycles. The lowest BCUT2D eigenvalue weighted by Gasteiger charge is -2.07. The summed E-state index contributed by atoms with van der Waals surface area (Å²) in [7, 11) is 0. The van der Waals surface area contributed by atoms with Gasteiger partial charge in [-0.1, -0.05) is 27.5 Å². The molecular formula is C13H9BrClFN2O2. The fraction of sp³-hybridized carbons (Fsp3) is 0.0769. The normalized spacial score (nSPS) is 10.3. The minimum atomic E-state index is -0.517. The van der Waals surface area contributed by atoms with Gasteiger partial charge in [-0.05, 0) is 29.8 Å². The predicted octanol–water partition coefficient (Wildman–Crippen LogP) is 4.76. The van der Waals surface area contributed by atoms with Gasteiger partial charge < -0.3 is 5.32 Å². The van der Waals surface area contributed by atoms with Gasteiger partial charge in [-0.25, -0.2) is 4.39 Å². The molecule has 0 spiro atoms. The van der Waals surface area contributed by atoms with Crippen molar-refractivity contribution in [3.8, 4) is 0 Å². The van der Waals surface area contributed by atoms with Gasteiger partial charge in [0.05, 0.1) is 9.95 Å². The van der Waals surface area contributed by atoms with Gasteiger partial charge in [0.2, 0.25) is 0 Å². The number of rotatable bonds is 4. The van der Waals surface area contributed by atoms with Gasteiger partial charge in [-0.2, -0.15) is 0 Å². The number of hydrogen-bond acceptors (Lipinski definition) is 3. The van der Waals surface area contributed by atoms with Crippen LogP contribution in [0.5, 0.6) is 0 Å². The first-order valence-corrected chi connectivity index (χ1v) is 6.75. The molecule has 0 unspecified atom stereocenters. The lowest BCUT2D eigenvalue weighted by atomic mass is 10.2. The van der Waals surface area contributed by atoms with Crippen molar-refractivity contribution in [3.63, 3.8) is 0 Å². The third-order valence-corrected chi connectivity index (χ3v) is 3.33. The lowest BCUT2D eigenvalue weighted by molar-refractivity contribution is -0.385. The second kappa shape index (κ2) is 6.19. The second-order valence-corrected chi connectivity index (χ2v) is 5.38. The molecule has 4 nitrogen and oxygen atoms in total. The Morgan fingerprint density at radius 3 is 2.70 bits per heavy atom. The third-order valence-electron chi connectivity index (χ3n) is 2.57. The zero-order valence-corrected chi connectivity index (χ0v) is 12.4. The summed E-state index contributed by atoms with van der Waals surface area (Å²) in [5, 5.41) is 13.8. The topological polar surface area (TPSA) is 55.2 Å². The van der Waals surface area contributed by atoms with Crippen molar-refractivity contribution in [1.29, 1.82) is 0 Å². The molecule has 1 N–H and O–H groups in total. The number of benzene rings is 2. The maximum Gasteiger partial charge on any atom is 0.270 e. The molecule has 0 aliphatic rings. The van der Waals surface area contributed by atoms with Gasteiger partial charge in [0.25, 0.3) is 5.69 Å². The Labute approximate surface area is 127 Å². The quantitative estimate of drug-likeness (QED) is 0.632. The van der Waals surface area contributed by atoms with E-state index in [4.69, 9.17) is 11.6 Å². The zero-order valence-electron chi connectivity index (χ0n) is 10.1. The molecule has 0 aliphatic carbocycles. The van der Waals surface area contributed by atoms with Crippen LogP contribution in [0, 0.1) is 15.9 Å². The van der Waals surface area contributed by atoms with Gasteiger partial charge in [-0.15, -0.1) is 0 Å². The van der Waals surface area contributed by atoms with Gasteiger partial charge >= 0.3 is 0 Å². The van der Waals surface area contributed by atoms with Crippen molar-refractivity contribution in [3.05, 3.63) is 67.4 Å². The fourth-order valence-corrected chi connectivity index (χ4v) is 2.30. The van der Waals surface area contributed by atoms with Gasteiger partial charge in [0, 0.05) is 28.8 Å². The Bertz CT molecular complexity index is 667. The van der Waals surface area contributed by atoms with E-state index in [1.807, 2.05) is 0 Å². The van der Waals surface area contributed by atoms with E-state index in [0.717, 1.165) is 0 Å². The summed E-state index contributed by atoms with van der Waals surface area (Å²) in [6.07, 6.45) is 0. The molecule has 0 amide bonds. The van der Waals surface area contributed by atoms with Crippen LogP contribution in [0.1, 0.15) is 5.56 Å². The first-order chi connectivity index (χ1) is 9.45. The number of hydrogen-bond donors (Lipinski definition) is 1. The highest BCUT2D eigenvalue weighted by atomic mass is 79.9. The Balaban J connectivity index is 2.14. The molecule has 0 aromatic heterocycles. The summed E-state index contributed by atoms with van der Waals surface area (Å²) < 4.78 is 13.9. The fourth-order valence-electron chi connectivity index (χ4n) is 1.65. The Morgan fingerprint density at radius 1 is 1.30 bits per heavy atom. The smallest absolute Gasteiger partial charge is 0.270 e. The standard InChI is InChI=1S/C13H9BrClFN2O2/c14-9-3-8(4-11(5-9)18(19)20)7-17-10-1-2-12(15)13(16)6-10/h1-6,17H,7H2. The van der Waals surface area contributed by atoms with Crippen molar-refractivity contribution in [2.24, 2.45) is 0 Å². The molecule has 0 aliphatic heterocycles. The SMILES string of the molecule is O=[N+]([O-])c1cc(Br)cc(CNc2ccc(Cl)c(F)c2)c1. The minimum absolute atomic E-state index is 0.00142. The van der Waals surface area contributed by atoms with E-state index < -0.39 is 10.7 Å². The molecule has 0 fully saturated rings.